The summed E-state index contributed by atoms with van der Waals surface area (Å²) in [5.41, 5.74) is 5.15. The Labute approximate surface area is 68.1 Å². The molecule has 0 aromatic rings. The number of nitrogens with two attached hydrogens (primary N) is 1. The second-order valence-corrected chi connectivity index (χ2v) is 2.86. The van der Waals surface area contributed by atoms with Crippen molar-refractivity contribution >= 4 is 5.84 Å². The molecule has 0 aromatic carbocycles. The van der Waals surface area contributed by atoms with Crippen LogP contribution < -0.4 is 5.73 Å². The lowest BCUT2D eigenvalue weighted by atomic mass is 10.1. The number of hydrogen-bond acceptors (Lipinski definition) is 2. The average Bonchev–Trinajstić information content (AvgIpc) is 1.87. The molecule has 0 aliphatic rings. The second kappa shape index (κ2) is 6.16. The molecular weight excluding hydrogens is 140 g/mol. The molecule has 1 unspecified atom stereocenters. The predicted octanol–water partition coefficient (Wildman–Crippen LogP) is 1.25. The Morgan fingerprint density at radius 2 is 2.18 bits per heavy atom. The van der Waals surface area contributed by atoms with Gasteiger partial charge < -0.3 is 10.8 Å². The number of amidine groups is 1. The summed E-state index contributed by atoms with van der Waals surface area (Å²) in [7, 11) is 0. The van der Waals surface area contributed by atoms with E-state index >= 15 is 0 Å². The van der Waals surface area contributed by atoms with Crippen LogP contribution in [0.25, 0.3) is 0 Å². The third-order valence-corrected chi connectivity index (χ3v) is 1.61. The molecule has 0 aromatic heterocycles. The van der Waals surface area contributed by atoms with E-state index in [4.69, 9.17) is 11.1 Å². The highest BCUT2D eigenvalue weighted by atomic mass is 16.3. The molecule has 0 rings (SSSR count). The summed E-state index contributed by atoms with van der Waals surface area (Å²) in [6, 6.07) is 0. The van der Waals surface area contributed by atoms with Crippen molar-refractivity contribution in [3.8, 4) is 0 Å². The van der Waals surface area contributed by atoms with Crippen LogP contribution in [0.3, 0.4) is 0 Å². The summed E-state index contributed by atoms with van der Waals surface area (Å²) in [5.74, 6) is 0.216. The highest BCUT2D eigenvalue weighted by Gasteiger charge is 2.01. The minimum Gasteiger partial charge on any atom is -0.393 e. The SMILES string of the molecule is CCCC(O)CCCC(=N)N. The van der Waals surface area contributed by atoms with Crippen molar-refractivity contribution < 1.29 is 5.11 Å². The quantitative estimate of drug-likeness (QED) is 0.402. The molecule has 1 atom stereocenters. The van der Waals surface area contributed by atoms with Gasteiger partial charge in [0, 0.05) is 6.42 Å². The number of aliphatic hydroxyl groups is 1. The van der Waals surface area contributed by atoms with Crippen LogP contribution in [0.1, 0.15) is 39.0 Å². The van der Waals surface area contributed by atoms with Gasteiger partial charge in [-0.2, -0.15) is 0 Å². The lowest BCUT2D eigenvalue weighted by Gasteiger charge is -2.07. The monoisotopic (exact) mass is 158 g/mol. The van der Waals surface area contributed by atoms with Gasteiger partial charge >= 0.3 is 0 Å². The summed E-state index contributed by atoms with van der Waals surface area (Å²) < 4.78 is 0. The lowest BCUT2D eigenvalue weighted by Crippen LogP contribution is -2.11. The van der Waals surface area contributed by atoms with Crippen molar-refractivity contribution in [1.82, 2.24) is 0 Å². The first-order valence-electron chi connectivity index (χ1n) is 4.17. The van der Waals surface area contributed by atoms with E-state index in [1.165, 1.54) is 0 Å². The van der Waals surface area contributed by atoms with Crippen molar-refractivity contribution in [3.05, 3.63) is 0 Å². The standard InChI is InChI=1S/C8H18N2O/c1-2-4-7(11)5-3-6-8(9)10/h7,11H,2-6H2,1H3,(H3,9,10). The minimum absolute atomic E-state index is 0.195. The molecule has 0 aliphatic carbocycles. The van der Waals surface area contributed by atoms with Gasteiger partial charge in [0.1, 0.15) is 0 Å². The summed E-state index contributed by atoms with van der Waals surface area (Å²) in [5, 5.41) is 16.2. The molecule has 11 heavy (non-hydrogen) atoms. The van der Waals surface area contributed by atoms with Crippen molar-refractivity contribution in [3.63, 3.8) is 0 Å². The maximum Gasteiger partial charge on any atom is 0.0905 e. The van der Waals surface area contributed by atoms with Crippen LogP contribution in [0.15, 0.2) is 0 Å². The normalized spacial score (nSPS) is 12.9. The molecule has 0 fully saturated rings. The van der Waals surface area contributed by atoms with Crippen LogP contribution in [-0.2, 0) is 0 Å². The first kappa shape index (κ1) is 10.4. The molecule has 66 valence electrons. The Kier molecular flexibility index (Phi) is 5.84. The van der Waals surface area contributed by atoms with E-state index in [2.05, 4.69) is 0 Å². The van der Waals surface area contributed by atoms with Crippen molar-refractivity contribution in [2.45, 2.75) is 45.1 Å². The van der Waals surface area contributed by atoms with Gasteiger partial charge in [-0.1, -0.05) is 13.3 Å². The van der Waals surface area contributed by atoms with Gasteiger partial charge in [-0.05, 0) is 19.3 Å². The fourth-order valence-corrected chi connectivity index (χ4v) is 1.01. The molecule has 0 radical (unpaired) electrons. The zero-order valence-corrected chi connectivity index (χ0v) is 7.14. The number of aliphatic hydroxyl groups excluding tert-OH is 1. The molecule has 3 nitrogen and oxygen atoms in total. The first-order valence-corrected chi connectivity index (χ1v) is 4.17. The van der Waals surface area contributed by atoms with E-state index in [1.807, 2.05) is 6.92 Å². The Hall–Kier alpha value is -0.570. The molecular formula is C8H18N2O. The topological polar surface area (TPSA) is 70.1 Å². The molecule has 0 aliphatic heterocycles. The molecule has 0 heterocycles. The summed E-state index contributed by atoms with van der Waals surface area (Å²) >= 11 is 0. The van der Waals surface area contributed by atoms with E-state index < -0.39 is 0 Å². The van der Waals surface area contributed by atoms with E-state index in [1.54, 1.807) is 0 Å². The fourth-order valence-electron chi connectivity index (χ4n) is 1.01. The van der Waals surface area contributed by atoms with Crippen LogP contribution in [0.4, 0.5) is 0 Å². The van der Waals surface area contributed by atoms with Crippen LogP contribution in [0.5, 0.6) is 0 Å². The summed E-state index contributed by atoms with van der Waals surface area (Å²) in [6.45, 7) is 2.05. The van der Waals surface area contributed by atoms with Crippen LogP contribution in [0.2, 0.25) is 0 Å². The third-order valence-electron chi connectivity index (χ3n) is 1.61. The molecule has 4 N–H and O–H groups in total. The summed E-state index contributed by atoms with van der Waals surface area (Å²) in [4.78, 5) is 0. The minimum atomic E-state index is -0.195. The lowest BCUT2D eigenvalue weighted by molar-refractivity contribution is 0.151. The van der Waals surface area contributed by atoms with Crippen molar-refractivity contribution in [2.75, 3.05) is 0 Å². The zero-order chi connectivity index (χ0) is 8.69. The highest BCUT2D eigenvalue weighted by molar-refractivity contribution is 5.76. The average molecular weight is 158 g/mol. The predicted molar refractivity (Wildman–Crippen MR) is 46.7 cm³/mol. The fraction of sp³-hybridized carbons (Fsp3) is 0.875. The van der Waals surface area contributed by atoms with Gasteiger partial charge in [0.2, 0.25) is 0 Å². The smallest absolute Gasteiger partial charge is 0.0905 e. The van der Waals surface area contributed by atoms with Gasteiger partial charge in [0.15, 0.2) is 0 Å². The van der Waals surface area contributed by atoms with Crippen LogP contribution in [-0.4, -0.2) is 17.0 Å². The van der Waals surface area contributed by atoms with E-state index in [-0.39, 0.29) is 11.9 Å². The van der Waals surface area contributed by atoms with Crippen LogP contribution in [0, 0.1) is 5.41 Å². The number of nitrogens with one attached hydrogen (secondary N) is 1. The van der Waals surface area contributed by atoms with E-state index in [0.29, 0.717) is 6.42 Å². The first-order chi connectivity index (χ1) is 5.16. The highest BCUT2D eigenvalue weighted by Crippen LogP contribution is 2.05. The molecule has 0 bridgehead atoms. The molecule has 0 spiro atoms. The molecule has 0 amide bonds. The Bertz CT molecular complexity index is 115. The summed E-state index contributed by atoms with van der Waals surface area (Å²) in [6.07, 6.45) is 3.89. The maximum atomic E-state index is 9.25. The number of hydrogen-bond donors (Lipinski definition) is 3. The van der Waals surface area contributed by atoms with Crippen molar-refractivity contribution in [1.29, 1.82) is 5.41 Å². The molecule has 3 heteroatoms. The van der Waals surface area contributed by atoms with Crippen LogP contribution >= 0.6 is 0 Å². The van der Waals surface area contributed by atoms with E-state index in [0.717, 1.165) is 25.7 Å². The molecule has 0 saturated heterocycles. The second-order valence-electron chi connectivity index (χ2n) is 2.86. The van der Waals surface area contributed by atoms with Gasteiger partial charge in [-0.25, -0.2) is 0 Å². The van der Waals surface area contributed by atoms with Gasteiger partial charge in [0.05, 0.1) is 11.9 Å². The van der Waals surface area contributed by atoms with Gasteiger partial charge in [-0.15, -0.1) is 0 Å². The van der Waals surface area contributed by atoms with E-state index in [9.17, 15) is 5.11 Å². The largest absolute Gasteiger partial charge is 0.393 e. The van der Waals surface area contributed by atoms with Gasteiger partial charge in [0.25, 0.3) is 0 Å². The zero-order valence-electron chi connectivity index (χ0n) is 7.14. The van der Waals surface area contributed by atoms with Gasteiger partial charge in [-0.3, -0.25) is 5.41 Å². The number of rotatable bonds is 6. The molecule has 0 saturated carbocycles. The Morgan fingerprint density at radius 3 is 2.64 bits per heavy atom. The third kappa shape index (κ3) is 7.33. The Balaban J connectivity index is 3.16. The Morgan fingerprint density at radius 1 is 1.55 bits per heavy atom. The maximum absolute atomic E-state index is 9.25. The van der Waals surface area contributed by atoms with Crippen molar-refractivity contribution in [2.24, 2.45) is 5.73 Å².